The molecule has 5 heteroatoms. The number of nitrogen functional groups attached to an aromatic ring is 1. The topological polar surface area (TPSA) is 63.8 Å². The van der Waals surface area contributed by atoms with Gasteiger partial charge in [0.05, 0.1) is 0 Å². The van der Waals surface area contributed by atoms with E-state index in [9.17, 15) is 0 Å². The number of anilines is 2. The van der Waals surface area contributed by atoms with E-state index >= 15 is 0 Å². The summed E-state index contributed by atoms with van der Waals surface area (Å²) in [5.41, 5.74) is 8.39. The van der Waals surface area contributed by atoms with E-state index in [4.69, 9.17) is 5.73 Å². The van der Waals surface area contributed by atoms with Crippen LogP contribution in [0.25, 0.3) is 0 Å². The summed E-state index contributed by atoms with van der Waals surface area (Å²) in [5, 5.41) is 7.59. The zero-order valence-electron chi connectivity index (χ0n) is 10.9. The monoisotopic (exact) mass is 262 g/mol. The fourth-order valence-corrected chi connectivity index (χ4v) is 2.44. The Kier molecular flexibility index (Phi) is 3.81. The molecule has 2 heterocycles. The second-order valence-corrected chi connectivity index (χ2v) is 5.37. The number of hydrogen-bond acceptors (Lipinski definition) is 5. The number of nitrogens with zero attached hydrogens (tertiary/aromatic N) is 2. The third kappa shape index (κ3) is 2.98. The molecule has 0 aliphatic rings. The first-order chi connectivity index (χ1) is 8.56. The average Bonchev–Trinajstić information content (AvgIpc) is 2.71. The average molecular weight is 262 g/mol. The quantitative estimate of drug-likeness (QED) is 0.888. The van der Waals surface area contributed by atoms with Crippen molar-refractivity contribution in [2.45, 2.75) is 33.2 Å². The van der Waals surface area contributed by atoms with E-state index in [1.54, 1.807) is 17.4 Å². The summed E-state index contributed by atoms with van der Waals surface area (Å²) in [4.78, 5) is 8.69. The Morgan fingerprint density at radius 1 is 1.33 bits per heavy atom. The minimum atomic E-state index is 0.275. The van der Waals surface area contributed by atoms with Gasteiger partial charge in [-0.3, -0.25) is 0 Å². The molecule has 2 aromatic heterocycles. The molecule has 0 unspecified atom stereocenters. The van der Waals surface area contributed by atoms with Crippen LogP contribution in [0.5, 0.6) is 0 Å². The van der Waals surface area contributed by atoms with Gasteiger partial charge < -0.3 is 11.1 Å². The molecule has 0 aliphatic carbocycles. The highest BCUT2D eigenvalue weighted by Crippen LogP contribution is 2.18. The summed E-state index contributed by atoms with van der Waals surface area (Å²) in [6.45, 7) is 6.99. The lowest BCUT2D eigenvalue weighted by molar-refractivity contribution is 0.777. The van der Waals surface area contributed by atoms with Gasteiger partial charge >= 0.3 is 0 Å². The van der Waals surface area contributed by atoms with Crippen LogP contribution in [0.1, 0.15) is 36.7 Å². The normalized spacial score (nSPS) is 10.9. The Morgan fingerprint density at radius 3 is 2.72 bits per heavy atom. The first kappa shape index (κ1) is 12.8. The zero-order chi connectivity index (χ0) is 13.1. The molecule has 0 bridgehead atoms. The molecule has 96 valence electrons. The minimum absolute atomic E-state index is 0.275. The van der Waals surface area contributed by atoms with Crippen LogP contribution in [0, 0.1) is 6.92 Å². The van der Waals surface area contributed by atoms with Crippen LogP contribution in [0.15, 0.2) is 16.8 Å². The van der Waals surface area contributed by atoms with E-state index < -0.39 is 0 Å². The Morgan fingerprint density at radius 2 is 2.11 bits per heavy atom. The first-order valence-electron chi connectivity index (χ1n) is 5.96. The molecule has 0 saturated carbocycles. The second-order valence-electron chi connectivity index (χ2n) is 4.62. The summed E-state index contributed by atoms with van der Waals surface area (Å²) in [7, 11) is 0. The number of rotatable bonds is 4. The fourth-order valence-electron chi connectivity index (χ4n) is 1.59. The maximum Gasteiger partial charge on any atom is 0.135 e. The van der Waals surface area contributed by atoms with Crippen LogP contribution >= 0.6 is 11.3 Å². The Hall–Kier alpha value is -1.62. The Bertz CT molecular complexity index is 534. The third-order valence-electron chi connectivity index (χ3n) is 2.70. The predicted molar refractivity (Wildman–Crippen MR) is 76.9 cm³/mol. The molecular weight excluding hydrogens is 244 g/mol. The van der Waals surface area contributed by atoms with Gasteiger partial charge in [-0.15, -0.1) is 0 Å². The van der Waals surface area contributed by atoms with Crippen LogP contribution in [0.2, 0.25) is 0 Å². The maximum atomic E-state index is 5.79. The van der Waals surface area contributed by atoms with Gasteiger partial charge in [0.25, 0.3) is 0 Å². The first-order valence-corrected chi connectivity index (χ1v) is 6.90. The van der Waals surface area contributed by atoms with E-state index in [1.807, 2.05) is 0 Å². The summed E-state index contributed by atoms with van der Waals surface area (Å²) in [5.74, 6) is 2.35. The molecule has 0 aromatic carbocycles. The van der Waals surface area contributed by atoms with Crippen molar-refractivity contribution >= 4 is 23.0 Å². The van der Waals surface area contributed by atoms with Crippen LogP contribution in [0.3, 0.4) is 0 Å². The zero-order valence-corrected chi connectivity index (χ0v) is 11.7. The molecule has 2 rings (SSSR count). The van der Waals surface area contributed by atoms with Crippen LogP contribution in [-0.2, 0) is 6.54 Å². The number of aryl methyl sites for hydroxylation is 1. The summed E-state index contributed by atoms with van der Waals surface area (Å²) < 4.78 is 0. The van der Waals surface area contributed by atoms with Crippen molar-refractivity contribution in [1.29, 1.82) is 0 Å². The third-order valence-corrected chi connectivity index (χ3v) is 3.61. The Labute approximate surface area is 111 Å². The van der Waals surface area contributed by atoms with E-state index in [-0.39, 0.29) is 5.92 Å². The van der Waals surface area contributed by atoms with Crippen molar-refractivity contribution in [2.75, 3.05) is 11.1 Å². The van der Waals surface area contributed by atoms with Gasteiger partial charge in [0.15, 0.2) is 0 Å². The van der Waals surface area contributed by atoms with Crippen molar-refractivity contribution in [3.63, 3.8) is 0 Å². The van der Waals surface area contributed by atoms with Gasteiger partial charge in [-0.2, -0.15) is 11.3 Å². The highest BCUT2D eigenvalue weighted by molar-refractivity contribution is 7.08. The SMILES string of the molecule is Cc1cscc1CNc1cc(N)nc(C(C)C)n1. The molecule has 0 amide bonds. The van der Waals surface area contributed by atoms with E-state index in [2.05, 4.69) is 46.8 Å². The second kappa shape index (κ2) is 5.35. The van der Waals surface area contributed by atoms with Gasteiger partial charge in [0, 0.05) is 18.5 Å². The van der Waals surface area contributed by atoms with Crippen LogP contribution in [-0.4, -0.2) is 9.97 Å². The van der Waals surface area contributed by atoms with Crippen LogP contribution in [0.4, 0.5) is 11.6 Å². The smallest absolute Gasteiger partial charge is 0.135 e. The largest absolute Gasteiger partial charge is 0.384 e. The molecule has 0 aliphatic heterocycles. The number of nitrogens with one attached hydrogen (secondary N) is 1. The van der Waals surface area contributed by atoms with E-state index in [0.29, 0.717) is 5.82 Å². The standard InChI is InChI=1S/C13H18N4S/c1-8(2)13-16-11(14)4-12(17-13)15-5-10-7-18-6-9(10)3/h4,6-8H,5H2,1-3H3,(H3,14,15,16,17). The molecule has 2 aromatic rings. The fraction of sp³-hybridized carbons (Fsp3) is 0.385. The molecule has 0 saturated heterocycles. The molecule has 0 fully saturated rings. The summed E-state index contributed by atoms with van der Waals surface area (Å²) in [6, 6.07) is 1.77. The van der Waals surface area contributed by atoms with Gasteiger partial charge in [-0.25, -0.2) is 9.97 Å². The molecule has 0 spiro atoms. The molecule has 18 heavy (non-hydrogen) atoms. The summed E-state index contributed by atoms with van der Waals surface area (Å²) >= 11 is 1.72. The van der Waals surface area contributed by atoms with Gasteiger partial charge in [0.2, 0.25) is 0 Å². The van der Waals surface area contributed by atoms with E-state index in [1.165, 1.54) is 11.1 Å². The predicted octanol–water partition coefficient (Wildman–Crippen LogP) is 3.16. The van der Waals surface area contributed by atoms with Crippen molar-refractivity contribution in [3.8, 4) is 0 Å². The van der Waals surface area contributed by atoms with Gasteiger partial charge in [-0.05, 0) is 28.8 Å². The lowest BCUT2D eigenvalue weighted by atomic mass is 10.2. The lowest BCUT2D eigenvalue weighted by Gasteiger charge is -2.10. The van der Waals surface area contributed by atoms with Gasteiger partial charge in [-0.1, -0.05) is 13.8 Å². The summed E-state index contributed by atoms with van der Waals surface area (Å²) in [6.07, 6.45) is 0. The minimum Gasteiger partial charge on any atom is -0.384 e. The number of hydrogen-bond donors (Lipinski definition) is 2. The molecular formula is C13H18N4S. The van der Waals surface area contributed by atoms with Crippen molar-refractivity contribution < 1.29 is 0 Å². The van der Waals surface area contributed by atoms with Crippen molar-refractivity contribution in [2.24, 2.45) is 0 Å². The number of aromatic nitrogens is 2. The number of thiophene rings is 1. The van der Waals surface area contributed by atoms with E-state index in [0.717, 1.165) is 18.2 Å². The molecule has 0 radical (unpaired) electrons. The molecule has 4 nitrogen and oxygen atoms in total. The molecule has 3 N–H and O–H groups in total. The molecule has 0 atom stereocenters. The lowest BCUT2D eigenvalue weighted by Crippen LogP contribution is -2.07. The number of nitrogens with two attached hydrogens (primary N) is 1. The maximum absolute atomic E-state index is 5.79. The van der Waals surface area contributed by atoms with Crippen LogP contribution < -0.4 is 11.1 Å². The Balaban J connectivity index is 2.12. The van der Waals surface area contributed by atoms with Gasteiger partial charge in [0.1, 0.15) is 17.5 Å². The highest BCUT2D eigenvalue weighted by Gasteiger charge is 2.07. The highest BCUT2D eigenvalue weighted by atomic mass is 32.1. The van der Waals surface area contributed by atoms with Crippen molar-refractivity contribution in [1.82, 2.24) is 9.97 Å². The van der Waals surface area contributed by atoms with Crippen molar-refractivity contribution in [3.05, 3.63) is 33.8 Å².